The van der Waals surface area contributed by atoms with Crippen LogP contribution in [0, 0.1) is 5.92 Å². The van der Waals surface area contributed by atoms with Gasteiger partial charge in [-0.2, -0.15) is 0 Å². The van der Waals surface area contributed by atoms with Crippen LogP contribution >= 0.6 is 0 Å². The van der Waals surface area contributed by atoms with Crippen molar-refractivity contribution >= 4 is 0 Å². The van der Waals surface area contributed by atoms with E-state index in [2.05, 4.69) is 26.0 Å². The molecule has 0 radical (unpaired) electrons. The third-order valence-corrected chi connectivity index (χ3v) is 3.83. The average molecular weight is 235 g/mol. The maximum absolute atomic E-state index is 5.49. The Kier molecular flexibility index (Phi) is 7.27. The van der Waals surface area contributed by atoms with Crippen LogP contribution in [0.3, 0.4) is 0 Å². The second kappa shape index (κ2) is 8.52. The van der Waals surface area contributed by atoms with Crippen molar-refractivity contribution in [3.63, 3.8) is 0 Å². The monoisotopic (exact) mass is 235 g/mol. The van der Waals surface area contributed by atoms with Gasteiger partial charge in [-0.25, -0.2) is 0 Å². The highest BCUT2D eigenvalue weighted by Gasteiger charge is 2.13. The van der Waals surface area contributed by atoms with E-state index in [-0.39, 0.29) is 0 Å². The topological polar surface area (TPSA) is 26.0 Å². The van der Waals surface area contributed by atoms with E-state index in [0.717, 1.165) is 5.92 Å². The van der Waals surface area contributed by atoms with E-state index >= 15 is 0 Å². The van der Waals surface area contributed by atoms with E-state index in [1.165, 1.54) is 56.9 Å². The van der Waals surface area contributed by atoms with E-state index in [4.69, 9.17) is 5.73 Å². The molecule has 0 atom stereocenters. The number of allylic oxidation sites excluding steroid dienone is 3. The first-order valence-corrected chi connectivity index (χ1v) is 7.23. The Morgan fingerprint density at radius 3 is 2.41 bits per heavy atom. The molecule has 0 heterocycles. The van der Waals surface area contributed by atoms with Crippen molar-refractivity contribution < 1.29 is 0 Å². The Bertz CT molecular complexity index is 257. The first kappa shape index (κ1) is 14.5. The summed E-state index contributed by atoms with van der Waals surface area (Å²) in [7, 11) is 0. The van der Waals surface area contributed by atoms with Crippen molar-refractivity contribution in [3.05, 3.63) is 23.3 Å². The van der Waals surface area contributed by atoms with Gasteiger partial charge in [0.15, 0.2) is 0 Å². The normalized spacial score (nSPS) is 19.7. The van der Waals surface area contributed by atoms with E-state index in [1.54, 1.807) is 5.57 Å². The molecule has 0 unspecified atom stereocenters. The average Bonchev–Trinajstić information content (AvgIpc) is 2.30. The predicted octanol–water partition coefficient (Wildman–Crippen LogP) is 4.59. The number of nitrogens with two attached hydrogens (primary N) is 1. The molecule has 17 heavy (non-hydrogen) atoms. The molecule has 1 aliphatic carbocycles. The van der Waals surface area contributed by atoms with Crippen molar-refractivity contribution in [2.75, 3.05) is 6.54 Å². The Hall–Kier alpha value is -0.560. The van der Waals surface area contributed by atoms with Crippen LogP contribution in [-0.4, -0.2) is 6.54 Å². The lowest BCUT2D eigenvalue weighted by molar-refractivity contribution is 0.356. The number of hydrogen-bond donors (Lipinski definition) is 1. The van der Waals surface area contributed by atoms with E-state index in [0.29, 0.717) is 6.54 Å². The van der Waals surface area contributed by atoms with Crippen LogP contribution < -0.4 is 5.73 Å². The van der Waals surface area contributed by atoms with Crippen LogP contribution in [0.25, 0.3) is 0 Å². The van der Waals surface area contributed by atoms with Gasteiger partial charge < -0.3 is 5.73 Å². The SMILES string of the molecule is C/C(=C\CN)CC/C=C(\C)CC1CCCCC1. The lowest BCUT2D eigenvalue weighted by Gasteiger charge is -2.21. The minimum Gasteiger partial charge on any atom is -0.327 e. The molecule has 1 aliphatic rings. The third kappa shape index (κ3) is 6.68. The molecule has 0 aromatic rings. The predicted molar refractivity (Wildman–Crippen MR) is 77.0 cm³/mol. The maximum atomic E-state index is 5.49. The standard InChI is InChI=1S/C16H29N/c1-14(11-12-17)7-6-8-15(2)13-16-9-4-3-5-10-16/h8,11,16H,3-7,9-10,12-13,17H2,1-2H3/b14-11+,15-8+. The fourth-order valence-corrected chi connectivity index (χ4v) is 2.78. The van der Waals surface area contributed by atoms with Crippen molar-refractivity contribution in [2.24, 2.45) is 11.7 Å². The van der Waals surface area contributed by atoms with Gasteiger partial charge in [-0.15, -0.1) is 0 Å². The summed E-state index contributed by atoms with van der Waals surface area (Å²) in [6.45, 7) is 5.16. The van der Waals surface area contributed by atoms with Crippen molar-refractivity contribution in [1.29, 1.82) is 0 Å². The third-order valence-electron chi connectivity index (χ3n) is 3.83. The van der Waals surface area contributed by atoms with Gasteiger partial charge in [0.1, 0.15) is 0 Å². The summed E-state index contributed by atoms with van der Waals surface area (Å²) in [6.07, 6.45) is 15.5. The first-order valence-electron chi connectivity index (χ1n) is 7.23. The zero-order valence-corrected chi connectivity index (χ0v) is 11.7. The van der Waals surface area contributed by atoms with Crippen LogP contribution in [-0.2, 0) is 0 Å². The second-order valence-corrected chi connectivity index (χ2v) is 5.58. The molecule has 1 nitrogen and oxygen atoms in total. The van der Waals surface area contributed by atoms with Crippen LogP contribution in [0.2, 0.25) is 0 Å². The van der Waals surface area contributed by atoms with Gasteiger partial charge in [-0.05, 0) is 39.0 Å². The molecule has 1 saturated carbocycles. The minimum absolute atomic E-state index is 0.677. The summed E-state index contributed by atoms with van der Waals surface area (Å²) < 4.78 is 0. The van der Waals surface area contributed by atoms with E-state index < -0.39 is 0 Å². The van der Waals surface area contributed by atoms with Crippen LogP contribution in [0.15, 0.2) is 23.3 Å². The van der Waals surface area contributed by atoms with Crippen molar-refractivity contribution in [1.82, 2.24) is 0 Å². The Morgan fingerprint density at radius 1 is 1.06 bits per heavy atom. The maximum Gasteiger partial charge on any atom is 0.0109 e. The van der Waals surface area contributed by atoms with Crippen LogP contribution in [0.4, 0.5) is 0 Å². The van der Waals surface area contributed by atoms with Crippen LogP contribution in [0.5, 0.6) is 0 Å². The highest BCUT2D eigenvalue weighted by Crippen LogP contribution is 2.28. The zero-order valence-electron chi connectivity index (χ0n) is 11.7. The zero-order chi connectivity index (χ0) is 12.5. The molecule has 2 N–H and O–H groups in total. The van der Waals surface area contributed by atoms with Crippen LogP contribution in [0.1, 0.15) is 65.2 Å². The molecular weight excluding hydrogens is 206 g/mol. The Morgan fingerprint density at radius 2 is 1.76 bits per heavy atom. The molecule has 1 heteroatoms. The van der Waals surface area contributed by atoms with Gasteiger partial charge >= 0.3 is 0 Å². The molecule has 0 amide bonds. The summed E-state index contributed by atoms with van der Waals surface area (Å²) >= 11 is 0. The smallest absolute Gasteiger partial charge is 0.0109 e. The lowest BCUT2D eigenvalue weighted by Crippen LogP contribution is -2.06. The summed E-state index contributed by atoms with van der Waals surface area (Å²) in [5.74, 6) is 0.973. The molecule has 0 aliphatic heterocycles. The van der Waals surface area contributed by atoms with Crippen molar-refractivity contribution in [3.8, 4) is 0 Å². The fraction of sp³-hybridized carbons (Fsp3) is 0.750. The number of hydrogen-bond acceptors (Lipinski definition) is 1. The quantitative estimate of drug-likeness (QED) is 0.670. The lowest BCUT2D eigenvalue weighted by atomic mass is 9.85. The van der Waals surface area contributed by atoms with E-state index in [1.807, 2.05) is 0 Å². The van der Waals surface area contributed by atoms with Gasteiger partial charge in [0.2, 0.25) is 0 Å². The second-order valence-electron chi connectivity index (χ2n) is 5.58. The molecule has 1 fully saturated rings. The summed E-state index contributed by atoms with van der Waals surface area (Å²) in [5.41, 5.74) is 8.51. The Labute approximate surface area is 107 Å². The largest absolute Gasteiger partial charge is 0.327 e. The molecule has 0 aromatic carbocycles. The van der Waals surface area contributed by atoms with Gasteiger partial charge in [0.25, 0.3) is 0 Å². The first-order chi connectivity index (χ1) is 8.22. The molecule has 1 rings (SSSR count). The Balaban J connectivity index is 2.21. The minimum atomic E-state index is 0.677. The molecule has 98 valence electrons. The molecule has 0 spiro atoms. The summed E-state index contributed by atoms with van der Waals surface area (Å²) in [5, 5.41) is 0. The highest BCUT2D eigenvalue weighted by molar-refractivity contribution is 5.04. The summed E-state index contributed by atoms with van der Waals surface area (Å²) in [6, 6.07) is 0. The van der Waals surface area contributed by atoms with Gasteiger partial charge in [-0.3, -0.25) is 0 Å². The fourth-order valence-electron chi connectivity index (χ4n) is 2.78. The van der Waals surface area contributed by atoms with Gasteiger partial charge in [0, 0.05) is 6.54 Å². The molecule has 0 saturated heterocycles. The number of rotatable bonds is 6. The van der Waals surface area contributed by atoms with Crippen molar-refractivity contribution in [2.45, 2.75) is 65.2 Å². The van der Waals surface area contributed by atoms with Gasteiger partial charge in [-0.1, -0.05) is 55.4 Å². The molecular formula is C16H29N. The molecule has 0 bridgehead atoms. The molecule has 0 aromatic heterocycles. The van der Waals surface area contributed by atoms with E-state index in [9.17, 15) is 0 Å². The summed E-state index contributed by atoms with van der Waals surface area (Å²) in [4.78, 5) is 0. The highest BCUT2D eigenvalue weighted by atomic mass is 14.5. The van der Waals surface area contributed by atoms with Gasteiger partial charge in [0.05, 0.1) is 0 Å².